The number of rotatable bonds is 6. The number of carbonyl (C=O) groups is 2. The Morgan fingerprint density at radius 2 is 2.16 bits per heavy atom. The number of fused-ring (bicyclic) bond motifs is 1. The van der Waals surface area contributed by atoms with Crippen LogP contribution in [0.5, 0.6) is 0 Å². The zero-order valence-corrected chi connectivity index (χ0v) is 14.6. The second-order valence-electron chi connectivity index (χ2n) is 6.58. The number of methoxy groups -OCH3 is 1. The number of para-hydroxylation sites is 1. The molecule has 25 heavy (non-hydrogen) atoms. The van der Waals surface area contributed by atoms with Gasteiger partial charge in [0.25, 0.3) is 0 Å². The zero-order chi connectivity index (χ0) is 18.0. The Morgan fingerprint density at radius 3 is 2.84 bits per heavy atom. The number of aliphatic carboxylic acids is 1. The summed E-state index contributed by atoms with van der Waals surface area (Å²) in [6.07, 6.45) is 3.51. The minimum atomic E-state index is -0.890. The third-order valence-corrected chi connectivity index (χ3v) is 5.05. The summed E-state index contributed by atoms with van der Waals surface area (Å²) in [6, 6.07) is 5.81. The first kappa shape index (κ1) is 17.5. The van der Waals surface area contributed by atoms with Crippen molar-refractivity contribution in [1.29, 1.82) is 0 Å². The summed E-state index contributed by atoms with van der Waals surface area (Å²) in [5.41, 5.74) is 3.25. The van der Waals surface area contributed by atoms with Crippen LogP contribution in [0.15, 0.2) is 24.4 Å². The van der Waals surface area contributed by atoms with E-state index in [1.807, 2.05) is 18.3 Å². The number of benzene rings is 1. The maximum Gasteiger partial charge on any atom is 0.305 e. The summed E-state index contributed by atoms with van der Waals surface area (Å²) < 4.78 is 5.35. The first-order chi connectivity index (χ1) is 12.0. The van der Waals surface area contributed by atoms with Crippen molar-refractivity contribution in [3.63, 3.8) is 0 Å². The van der Waals surface area contributed by atoms with E-state index in [1.54, 1.807) is 12.0 Å². The molecule has 0 radical (unpaired) electrons. The lowest BCUT2D eigenvalue weighted by Crippen LogP contribution is -2.38. The predicted molar refractivity (Wildman–Crippen MR) is 94.5 cm³/mol. The number of carboxylic acids is 1. The lowest BCUT2D eigenvalue weighted by atomic mass is 10.0. The van der Waals surface area contributed by atoms with Gasteiger partial charge in [-0.1, -0.05) is 25.1 Å². The standard InChI is InChI=1S/C19H24N2O4/c1-3-12-5-4-6-16-13(10-20-19(12)16)7-17(22)21-11-15(25-2)8-14(21)9-18(23)24/h4-6,10,14-15,20H,3,7-9,11H2,1-2H3,(H,23,24). The quantitative estimate of drug-likeness (QED) is 0.843. The van der Waals surface area contributed by atoms with Crippen LogP contribution in [-0.2, 0) is 27.2 Å². The highest BCUT2D eigenvalue weighted by molar-refractivity contribution is 5.91. The van der Waals surface area contributed by atoms with Gasteiger partial charge in [-0.25, -0.2) is 0 Å². The number of ether oxygens (including phenoxy) is 1. The van der Waals surface area contributed by atoms with Gasteiger partial charge in [-0.15, -0.1) is 0 Å². The number of aromatic amines is 1. The summed E-state index contributed by atoms with van der Waals surface area (Å²) in [6.45, 7) is 2.56. The van der Waals surface area contributed by atoms with Gasteiger partial charge in [0.15, 0.2) is 0 Å². The fourth-order valence-electron chi connectivity index (χ4n) is 3.73. The highest BCUT2D eigenvalue weighted by Crippen LogP contribution is 2.26. The maximum absolute atomic E-state index is 12.8. The normalized spacial score (nSPS) is 20.3. The number of nitrogens with one attached hydrogen (secondary N) is 1. The smallest absolute Gasteiger partial charge is 0.305 e. The molecular formula is C19H24N2O4. The van der Waals surface area contributed by atoms with Crippen molar-refractivity contribution in [2.45, 2.75) is 44.8 Å². The maximum atomic E-state index is 12.8. The molecule has 2 atom stereocenters. The first-order valence-corrected chi connectivity index (χ1v) is 8.65. The average molecular weight is 344 g/mol. The molecule has 1 amide bonds. The Hall–Kier alpha value is -2.34. The van der Waals surface area contributed by atoms with Gasteiger partial charge in [0, 0.05) is 36.8 Å². The molecule has 6 heteroatoms. The second kappa shape index (κ2) is 7.27. The van der Waals surface area contributed by atoms with Crippen LogP contribution in [-0.4, -0.2) is 52.7 Å². The predicted octanol–water partition coefficient (Wildman–Crippen LogP) is 2.36. The number of aryl methyl sites for hydroxylation is 1. The van der Waals surface area contributed by atoms with E-state index in [2.05, 4.69) is 18.0 Å². The fourth-order valence-corrected chi connectivity index (χ4v) is 3.73. The molecule has 2 heterocycles. The van der Waals surface area contributed by atoms with Crippen molar-refractivity contribution in [2.24, 2.45) is 0 Å². The molecule has 1 aliphatic rings. The van der Waals surface area contributed by atoms with E-state index in [-0.39, 0.29) is 30.9 Å². The Kier molecular flexibility index (Phi) is 5.08. The number of hydrogen-bond donors (Lipinski definition) is 2. The van der Waals surface area contributed by atoms with Crippen LogP contribution in [0.3, 0.4) is 0 Å². The Labute approximate surface area is 146 Å². The molecule has 0 spiro atoms. The lowest BCUT2D eigenvalue weighted by Gasteiger charge is -2.23. The van der Waals surface area contributed by atoms with Crippen molar-refractivity contribution in [1.82, 2.24) is 9.88 Å². The van der Waals surface area contributed by atoms with Crippen molar-refractivity contribution >= 4 is 22.8 Å². The molecule has 0 aliphatic carbocycles. The number of nitrogens with zero attached hydrogens (tertiary/aromatic N) is 1. The third kappa shape index (κ3) is 3.54. The van der Waals surface area contributed by atoms with Crippen LogP contribution in [0.1, 0.15) is 30.9 Å². The van der Waals surface area contributed by atoms with Gasteiger partial charge in [0.2, 0.25) is 5.91 Å². The molecular weight excluding hydrogens is 320 g/mol. The van der Waals surface area contributed by atoms with E-state index in [0.29, 0.717) is 13.0 Å². The minimum Gasteiger partial charge on any atom is -0.481 e. The Balaban J connectivity index is 1.80. The molecule has 0 bridgehead atoms. The van der Waals surface area contributed by atoms with E-state index in [0.717, 1.165) is 22.9 Å². The van der Waals surface area contributed by atoms with Gasteiger partial charge in [0.1, 0.15) is 0 Å². The van der Waals surface area contributed by atoms with E-state index < -0.39 is 5.97 Å². The van der Waals surface area contributed by atoms with Gasteiger partial charge in [-0.05, 0) is 24.0 Å². The van der Waals surface area contributed by atoms with E-state index in [4.69, 9.17) is 9.84 Å². The van der Waals surface area contributed by atoms with Gasteiger partial charge in [0.05, 0.1) is 18.9 Å². The Morgan fingerprint density at radius 1 is 1.36 bits per heavy atom. The lowest BCUT2D eigenvalue weighted by molar-refractivity contribution is -0.139. The molecule has 1 aromatic heterocycles. The number of carboxylic acid groups (broad SMARTS) is 1. The number of likely N-dealkylation sites (tertiary alicyclic amines) is 1. The van der Waals surface area contributed by atoms with Gasteiger partial charge in [-0.3, -0.25) is 9.59 Å². The largest absolute Gasteiger partial charge is 0.481 e. The molecule has 1 saturated heterocycles. The number of hydrogen-bond acceptors (Lipinski definition) is 3. The molecule has 1 aromatic carbocycles. The summed E-state index contributed by atoms with van der Waals surface area (Å²) in [4.78, 5) is 28.9. The van der Waals surface area contributed by atoms with Crippen LogP contribution in [0.4, 0.5) is 0 Å². The molecule has 1 aliphatic heterocycles. The zero-order valence-electron chi connectivity index (χ0n) is 14.6. The summed E-state index contributed by atoms with van der Waals surface area (Å²) >= 11 is 0. The van der Waals surface area contributed by atoms with Crippen molar-refractivity contribution in [3.05, 3.63) is 35.5 Å². The molecule has 0 saturated carbocycles. The summed E-state index contributed by atoms with van der Waals surface area (Å²) in [7, 11) is 1.60. The van der Waals surface area contributed by atoms with Gasteiger partial charge >= 0.3 is 5.97 Å². The average Bonchev–Trinajstić information content (AvgIpc) is 3.18. The van der Waals surface area contributed by atoms with Crippen molar-refractivity contribution in [3.8, 4) is 0 Å². The molecule has 1 fully saturated rings. The minimum absolute atomic E-state index is 0.0422. The van der Waals surface area contributed by atoms with Crippen LogP contribution in [0.2, 0.25) is 0 Å². The van der Waals surface area contributed by atoms with Crippen molar-refractivity contribution < 1.29 is 19.4 Å². The molecule has 2 N–H and O–H groups in total. The fraction of sp³-hybridized carbons (Fsp3) is 0.474. The number of H-pyrrole nitrogens is 1. The molecule has 2 aromatic rings. The number of carbonyl (C=O) groups excluding carboxylic acids is 1. The Bertz CT molecular complexity index is 783. The summed E-state index contributed by atoms with van der Waals surface area (Å²) in [5.74, 6) is -0.937. The highest BCUT2D eigenvalue weighted by atomic mass is 16.5. The monoisotopic (exact) mass is 344 g/mol. The van der Waals surface area contributed by atoms with Crippen LogP contribution in [0.25, 0.3) is 10.9 Å². The SMILES string of the molecule is CCc1cccc2c(CC(=O)N3CC(OC)CC3CC(=O)O)c[nH]c12. The topological polar surface area (TPSA) is 82.6 Å². The first-order valence-electron chi connectivity index (χ1n) is 8.65. The van der Waals surface area contributed by atoms with E-state index in [1.165, 1.54) is 5.56 Å². The van der Waals surface area contributed by atoms with Crippen LogP contribution < -0.4 is 0 Å². The highest BCUT2D eigenvalue weighted by Gasteiger charge is 2.36. The van der Waals surface area contributed by atoms with E-state index >= 15 is 0 Å². The molecule has 134 valence electrons. The van der Waals surface area contributed by atoms with E-state index in [9.17, 15) is 9.59 Å². The van der Waals surface area contributed by atoms with Crippen molar-refractivity contribution in [2.75, 3.05) is 13.7 Å². The van der Waals surface area contributed by atoms with Crippen LogP contribution >= 0.6 is 0 Å². The molecule has 6 nitrogen and oxygen atoms in total. The summed E-state index contributed by atoms with van der Waals surface area (Å²) in [5, 5.41) is 10.2. The van der Waals surface area contributed by atoms with Gasteiger partial charge in [-0.2, -0.15) is 0 Å². The molecule has 3 rings (SSSR count). The van der Waals surface area contributed by atoms with Crippen LogP contribution in [0, 0.1) is 0 Å². The third-order valence-electron chi connectivity index (χ3n) is 5.05. The van der Waals surface area contributed by atoms with Gasteiger partial charge < -0.3 is 19.7 Å². The second-order valence-corrected chi connectivity index (χ2v) is 6.58. The number of aromatic nitrogens is 1. The number of amides is 1. The molecule has 2 unspecified atom stereocenters.